The van der Waals surface area contributed by atoms with E-state index in [1.54, 1.807) is 62.8 Å². The van der Waals surface area contributed by atoms with Gasteiger partial charge in [-0.1, -0.05) is 67.6 Å². The monoisotopic (exact) mass is 1740 g/mol. The third kappa shape index (κ3) is 18.1. The average Bonchev–Trinajstić information content (AvgIpc) is 1.62. The summed E-state index contributed by atoms with van der Waals surface area (Å²) in [7, 11) is 3.25. The van der Waals surface area contributed by atoms with Gasteiger partial charge in [0.25, 0.3) is 23.6 Å². The Hall–Kier alpha value is -14.4. The highest BCUT2D eigenvalue weighted by Crippen LogP contribution is 2.40. The summed E-state index contributed by atoms with van der Waals surface area (Å²) < 4.78 is 42.4. The quantitative estimate of drug-likeness (QED) is 0.0501. The summed E-state index contributed by atoms with van der Waals surface area (Å²) in [5.41, 5.74) is 11.5. The van der Waals surface area contributed by atoms with Gasteiger partial charge < -0.3 is 44.2 Å². The minimum atomic E-state index is -1.03. The van der Waals surface area contributed by atoms with Crippen molar-refractivity contribution in [2.45, 2.75) is 102 Å². The number of imidazole rings is 2. The van der Waals surface area contributed by atoms with Crippen molar-refractivity contribution in [1.82, 2.24) is 69.8 Å². The minimum Gasteiger partial charge on any atom is -0.497 e. The summed E-state index contributed by atoms with van der Waals surface area (Å²) in [5.74, 6) is 0.528. The van der Waals surface area contributed by atoms with Crippen molar-refractivity contribution < 1.29 is 56.6 Å². The molecule has 8 aliphatic rings. The van der Waals surface area contributed by atoms with Crippen molar-refractivity contribution in [3.8, 4) is 34.3 Å². The van der Waals surface area contributed by atoms with Crippen molar-refractivity contribution in [2.75, 3.05) is 129 Å². The number of pyridine rings is 2. The number of benzene rings is 6. The molecule has 20 rings (SSSR count). The van der Waals surface area contributed by atoms with Gasteiger partial charge in [0.15, 0.2) is 11.3 Å². The lowest BCUT2D eigenvalue weighted by atomic mass is 10.0. The molecule has 0 bridgehead atoms. The van der Waals surface area contributed by atoms with Crippen LogP contribution in [0.5, 0.6) is 11.5 Å². The van der Waals surface area contributed by atoms with Crippen molar-refractivity contribution >= 4 is 93.2 Å². The first-order valence-electron chi connectivity index (χ1n) is 44.0. The van der Waals surface area contributed by atoms with Crippen molar-refractivity contribution in [2.24, 2.45) is 0 Å². The summed E-state index contributed by atoms with van der Waals surface area (Å²) in [4.78, 5) is 138. The largest absolute Gasteiger partial charge is 0.497 e. The molecule has 8 amide bonds. The van der Waals surface area contributed by atoms with E-state index in [1.807, 2.05) is 149 Å². The van der Waals surface area contributed by atoms with E-state index in [4.69, 9.17) is 29.6 Å². The SMILES string of the molecule is CCCN(Cc1ccc(OC)cc1)c1ccc2c(c1)C(=O)N(C1CCC(=O)NC1=O)C2=O.COc1ccc(CN(CCN2CCN(c3cccc(-c4cnc5ccc(N6CCC[C@@H]6c6cccc(F)c6)nn45)n3)CC2)c2ccc3c(c2)C(=O)N(C2CCC(=O)NC2=O)C3=O)cc1.Fc1cccc([C@H]2CCCN2c2ccc3ncc(-c4cccc(N5CCNCC5)n4)n3n2)c1. The summed E-state index contributed by atoms with van der Waals surface area (Å²) in [6.07, 6.45) is 8.90. The van der Waals surface area contributed by atoms with Crippen LogP contribution in [0, 0.1) is 11.6 Å². The number of aromatic nitrogens is 8. The van der Waals surface area contributed by atoms with E-state index in [-0.39, 0.29) is 77.6 Å². The molecular weight excluding hydrogens is 1640 g/mol. The van der Waals surface area contributed by atoms with Crippen LogP contribution in [0.4, 0.5) is 43.4 Å². The number of fused-ring (bicyclic) bond motifs is 4. The highest BCUT2D eigenvalue weighted by molar-refractivity contribution is 6.25. The molecule has 32 heteroatoms. The highest BCUT2D eigenvalue weighted by Gasteiger charge is 2.47. The molecule has 0 spiro atoms. The molecule has 3 N–H and O–H groups in total. The van der Waals surface area contributed by atoms with E-state index in [1.165, 1.54) is 12.1 Å². The van der Waals surface area contributed by atoms with E-state index in [9.17, 15) is 47.1 Å². The molecule has 0 radical (unpaired) electrons. The number of rotatable bonds is 23. The predicted octanol–water partition coefficient (Wildman–Crippen LogP) is 11.7. The molecule has 660 valence electrons. The van der Waals surface area contributed by atoms with Crippen LogP contribution in [0.1, 0.15) is 140 Å². The van der Waals surface area contributed by atoms with Crippen molar-refractivity contribution in [1.29, 1.82) is 0 Å². The van der Waals surface area contributed by atoms with Gasteiger partial charge in [0.1, 0.15) is 69.9 Å². The normalized spacial score (nSPS) is 18.8. The van der Waals surface area contributed by atoms with Gasteiger partial charge in [-0.2, -0.15) is 0 Å². The fourth-order valence-electron chi connectivity index (χ4n) is 18.5. The zero-order chi connectivity index (χ0) is 88.9. The predicted molar refractivity (Wildman–Crippen MR) is 482 cm³/mol. The van der Waals surface area contributed by atoms with E-state index in [0.29, 0.717) is 19.6 Å². The molecule has 14 heterocycles. The van der Waals surface area contributed by atoms with E-state index in [0.717, 1.165) is 223 Å². The Labute approximate surface area is 743 Å². The number of carbonyl (C=O) groups is 8. The van der Waals surface area contributed by atoms with Gasteiger partial charge in [0, 0.05) is 122 Å². The van der Waals surface area contributed by atoms with Crippen LogP contribution >= 0.6 is 0 Å². The second-order valence-electron chi connectivity index (χ2n) is 33.2. The summed E-state index contributed by atoms with van der Waals surface area (Å²) in [6, 6.07) is 58.1. The molecule has 4 atom stereocenters. The molecule has 12 aromatic rings. The molecule has 6 aromatic heterocycles. The zero-order valence-corrected chi connectivity index (χ0v) is 71.9. The molecule has 2 unspecified atom stereocenters. The van der Waals surface area contributed by atoms with Crippen molar-refractivity contribution in [3.63, 3.8) is 0 Å². The number of piperidine rings is 2. The van der Waals surface area contributed by atoms with Gasteiger partial charge in [-0.15, -0.1) is 10.2 Å². The summed E-state index contributed by atoms with van der Waals surface area (Å²) in [5, 5.41) is 17.9. The third-order valence-electron chi connectivity index (χ3n) is 25.2. The van der Waals surface area contributed by atoms with Gasteiger partial charge >= 0.3 is 0 Å². The van der Waals surface area contributed by atoms with Gasteiger partial charge in [0.05, 0.1) is 72.3 Å². The maximum atomic E-state index is 14.2. The van der Waals surface area contributed by atoms with E-state index >= 15 is 0 Å². The standard InChI is InChI=1S/C48H47FN10O5.C25H26FN7.C24H25N3O5/c1-64-35-13-10-31(11-14-35)30-56(34-12-15-36-37(28-34)48(63)58(47(36)62)40-16-19-45(60)52-46(40)61)26-23-54-21-24-55(25-22-54)43-9-3-7-38(51-43)41-29-50-42-17-18-44(53-59(41)42)57-20-4-8-39(57)32-5-2-6-33(49)27-32;26-19-5-1-4-18(16-19)21-7-3-13-32(21)25-10-9-23-28-17-22(33(23)30-25)20-6-2-8-24(29-20)31-14-11-27-12-15-31;1-3-12-26(14-15-4-7-17(32-2)8-5-15)16-6-9-18-19(13-16)24(31)27(23(18)30)20-10-11-21(28)25-22(20)29/h2-3,5-7,9-15,17-18,27-29,39-40H,4,8,16,19-26,30H2,1H3,(H,52,60,61);1-2,4-6,8-10,16-17,21,27H,3,7,11-15H2;4-9,13,20H,3,10-12,14H2,1-2H3,(H,25,28,29)/t39-,40?;21-;/m11./s1. The molecular formula is C97H98F2N20O10. The van der Waals surface area contributed by atoms with Crippen LogP contribution in [0.3, 0.4) is 0 Å². The van der Waals surface area contributed by atoms with E-state index < -0.39 is 53.4 Å². The number of hydrogen-bond donors (Lipinski definition) is 3. The minimum absolute atomic E-state index is 0.0425. The van der Waals surface area contributed by atoms with Gasteiger partial charge in [-0.25, -0.2) is 37.7 Å². The number of nitrogens with one attached hydrogen (secondary N) is 3. The Morgan fingerprint density at radius 3 is 1.32 bits per heavy atom. The maximum absolute atomic E-state index is 14.2. The smallest absolute Gasteiger partial charge is 0.262 e. The Morgan fingerprint density at radius 1 is 0.434 bits per heavy atom. The van der Waals surface area contributed by atoms with Crippen LogP contribution in [0.2, 0.25) is 0 Å². The Bertz CT molecular complexity index is 6260. The first-order chi connectivity index (χ1) is 62.9. The number of methoxy groups -OCH3 is 2. The molecule has 6 aromatic carbocycles. The number of hydrogen-bond acceptors (Lipinski definition) is 24. The fraction of sp³-hybridized carbons (Fsp3) is 0.320. The highest BCUT2D eigenvalue weighted by atomic mass is 19.1. The van der Waals surface area contributed by atoms with Crippen LogP contribution < -0.4 is 54.8 Å². The molecule has 0 saturated carbocycles. The van der Waals surface area contributed by atoms with Crippen LogP contribution in [-0.2, 0) is 32.3 Å². The lowest BCUT2D eigenvalue weighted by Crippen LogP contribution is -2.54. The molecule has 6 saturated heterocycles. The third-order valence-corrected chi connectivity index (χ3v) is 25.2. The topological polar surface area (TPSA) is 306 Å². The summed E-state index contributed by atoms with van der Waals surface area (Å²) >= 11 is 0. The number of halogens is 2. The average molecular weight is 1740 g/mol. The second-order valence-corrected chi connectivity index (χ2v) is 33.2. The number of ether oxygens (including phenoxy) is 2. The van der Waals surface area contributed by atoms with Crippen molar-refractivity contribution in [3.05, 3.63) is 263 Å². The van der Waals surface area contributed by atoms with Gasteiger partial charge in [-0.3, -0.25) is 63.7 Å². The van der Waals surface area contributed by atoms with Gasteiger partial charge in [-0.05, 0) is 201 Å². The molecule has 30 nitrogen and oxygen atoms in total. The zero-order valence-electron chi connectivity index (χ0n) is 71.9. The summed E-state index contributed by atoms with van der Waals surface area (Å²) in [6.45, 7) is 14.1. The van der Waals surface area contributed by atoms with Crippen LogP contribution in [-0.4, -0.2) is 213 Å². The Balaban J connectivity index is 0.000000144. The molecule has 6 fully saturated rings. The molecule has 8 aliphatic heterocycles. The first kappa shape index (κ1) is 85.4. The molecule has 129 heavy (non-hydrogen) atoms. The lowest BCUT2D eigenvalue weighted by Gasteiger charge is -2.37. The number of nitrogens with zero attached hydrogens (tertiary/aromatic N) is 17. The second kappa shape index (κ2) is 37.6. The fourth-order valence-corrected chi connectivity index (χ4v) is 18.5. The number of anilines is 6. The number of piperazine rings is 2. The Morgan fingerprint density at radius 2 is 0.876 bits per heavy atom. The van der Waals surface area contributed by atoms with Crippen LogP contribution in [0.15, 0.2) is 207 Å². The number of amides is 8. The van der Waals surface area contributed by atoms with Gasteiger partial charge in [0.2, 0.25) is 23.6 Å². The molecule has 0 aliphatic carbocycles. The first-order valence-corrected chi connectivity index (χ1v) is 44.0. The van der Waals surface area contributed by atoms with E-state index in [2.05, 4.69) is 73.2 Å². The number of imide groups is 4. The maximum Gasteiger partial charge on any atom is 0.262 e. The van der Waals surface area contributed by atoms with Crippen LogP contribution in [0.25, 0.3) is 34.1 Å². The lowest BCUT2D eigenvalue weighted by molar-refractivity contribution is -0.137. The number of carbonyl (C=O) groups excluding carboxylic acids is 8. The Kier molecular flexibility index (Phi) is 24.9.